The topological polar surface area (TPSA) is 54.2 Å². The minimum Gasteiger partial charge on any atom is -0.356 e. The van der Waals surface area contributed by atoms with Crippen molar-refractivity contribution in [2.24, 2.45) is 12.0 Å². The second-order valence-electron chi connectivity index (χ2n) is 6.02. The molecule has 0 spiro atoms. The molecule has 7 heteroatoms. The summed E-state index contributed by atoms with van der Waals surface area (Å²) < 4.78 is 15.3. The molecular formula is C17H23FIN5. The Morgan fingerprint density at radius 3 is 2.71 bits per heavy atom. The molecule has 1 aliphatic rings. The number of aliphatic imine (C=N–C) groups is 1. The molecule has 130 valence electrons. The van der Waals surface area contributed by atoms with Crippen molar-refractivity contribution in [3.63, 3.8) is 0 Å². The monoisotopic (exact) mass is 443 g/mol. The summed E-state index contributed by atoms with van der Waals surface area (Å²) in [5, 5.41) is 10.8. The van der Waals surface area contributed by atoms with Crippen LogP contribution in [-0.2, 0) is 19.0 Å². The van der Waals surface area contributed by atoms with Crippen molar-refractivity contribution in [2.45, 2.75) is 24.8 Å². The summed E-state index contributed by atoms with van der Waals surface area (Å²) in [7, 11) is 3.66. The standard InChI is InChI=1S/C17H22FN5.HI/c1-19-16(20-11-15-6-9-22-23(15)2)21-12-17(7-8-17)13-4-3-5-14(18)10-13;/h3-6,9-10H,7-8,11-12H2,1-2H3,(H2,19,20,21);1H. The lowest BCUT2D eigenvalue weighted by Crippen LogP contribution is -2.41. The van der Waals surface area contributed by atoms with Gasteiger partial charge in [-0.1, -0.05) is 12.1 Å². The van der Waals surface area contributed by atoms with Gasteiger partial charge in [-0.15, -0.1) is 24.0 Å². The summed E-state index contributed by atoms with van der Waals surface area (Å²) in [4.78, 5) is 4.25. The van der Waals surface area contributed by atoms with Crippen LogP contribution in [0.15, 0.2) is 41.5 Å². The van der Waals surface area contributed by atoms with E-state index in [4.69, 9.17) is 0 Å². The van der Waals surface area contributed by atoms with Gasteiger partial charge < -0.3 is 10.6 Å². The van der Waals surface area contributed by atoms with Gasteiger partial charge in [0.25, 0.3) is 0 Å². The van der Waals surface area contributed by atoms with Gasteiger partial charge in [0.2, 0.25) is 0 Å². The quantitative estimate of drug-likeness (QED) is 0.425. The maximum Gasteiger partial charge on any atom is 0.191 e. The zero-order valence-corrected chi connectivity index (χ0v) is 16.3. The van der Waals surface area contributed by atoms with Crippen LogP contribution in [0.3, 0.4) is 0 Å². The molecule has 0 atom stereocenters. The SMILES string of the molecule is CN=C(NCc1ccnn1C)NCC1(c2cccc(F)c2)CC1.I. The first kappa shape index (κ1) is 18.7. The number of nitrogens with one attached hydrogen (secondary N) is 2. The molecule has 1 aliphatic carbocycles. The summed E-state index contributed by atoms with van der Waals surface area (Å²) in [6, 6.07) is 8.88. The van der Waals surface area contributed by atoms with Crippen LogP contribution < -0.4 is 10.6 Å². The highest BCUT2D eigenvalue weighted by Gasteiger charge is 2.44. The molecule has 0 amide bonds. The number of guanidine groups is 1. The van der Waals surface area contributed by atoms with Gasteiger partial charge in [0.15, 0.2) is 5.96 Å². The molecule has 0 bridgehead atoms. The Bertz CT molecular complexity index is 709. The van der Waals surface area contributed by atoms with E-state index in [1.165, 1.54) is 6.07 Å². The first-order chi connectivity index (χ1) is 11.1. The lowest BCUT2D eigenvalue weighted by atomic mass is 9.96. The first-order valence-electron chi connectivity index (χ1n) is 7.80. The highest BCUT2D eigenvalue weighted by atomic mass is 127. The normalized spacial score (nSPS) is 15.5. The van der Waals surface area contributed by atoms with Crippen LogP contribution in [0.5, 0.6) is 0 Å². The summed E-state index contributed by atoms with van der Waals surface area (Å²) in [6.07, 6.45) is 3.92. The number of hydrogen-bond donors (Lipinski definition) is 2. The third-order valence-corrected chi connectivity index (χ3v) is 4.47. The Balaban J connectivity index is 0.00000208. The van der Waals surface area contributed by atoms with Crippen molar-refractivity contribution in [3.8, 4) is 0 Å². The predicted octanol–water partition coefficient (Wildman–Crippen LogP) is 2.57. The van der Waals surface area contributed by atoms with Gasteiger partial charge in [0, 0.05) is 32.3 Å². The third kappa shape index (κ3) is 4.25. The number of halogens is 2. The number of rotatable bonds is 5. The van der Waals surface area contributed by atoms with Crippen LogP contribution in [0.25, 0.3) is 0 Å². The molecule has 24 heavy (non-hydrogen) atoms. The zero-order valence-electron chi connectivity index (χ0n) is 13.9. The Hall–Kier alpha value is -1.64. The molecule has 1 heterocycles. The summed E-state index contributed by atoms with van der Waals surface area (Å²) >= 11 is 0. The van der Waals surface area contributed by atoms with E-state index in [9.17, 15) is 4.39 Å². The molecule has 2 N–H and O–H groups in total. The van der Waals surface area contributed by atoms with E-state index >= 15 is 0 Å². The van der Waals surface area contributed by atoms with Crippen LogP contribution in [0.1, 0.15) is 24.1 Å². The van der Waals surface area contributed by atoms with Crippen molar-refractivity contribution in [1.29, 1.82) is 0 Å². The highest BCUT2D eigenvalue weighted by molar-refractivity contribution is 14.0. The molecule has 0 unspecified atom stereocenters. The van der Waals surface area contributed by atoms with Gasteiger partial charge in [-0.2, -0.15) is 5.10 Å². The zero-order chi connectivity index (χ0) is 16.3. The van der Waals surface area contributed by atoms with E-state index in [-0.39, 0.29) is 35.2 Å². The smallest absolute Gasteiger partial charge is 0.191 e. The maximum absolute atomic E-state index is 13.4. The van der Waals surface area contributed by atoms with E-state index in [1.54, 1.807) is 25.4 Å². The molecule has 1 fully saturated rings. The lowest BCUT2D eigenvalue weighted by molar-refractivity contribution is 0.606. The van der Waals surface area contributed by atoms with E-state index < -0.39 is 0 Å². The summed E-state index contributed by atoms with van der Waals surface area (Å²) in [6.45, 7) is 1.41. The first-order valence-corrected chi connectivity index (χ1v) is 7.80. The lowest BCUT2D eigenvalue weighted by Gasteiger charge is -2.19. The van der Waals surface area contributed by atoms with Crippen molar-refractivity contribution >= 4 is 29.9 Å². The Morgan fingerprint density at radius 2 is 2.12 bits per heavy atom. The maximum atomic E-state index is 13.4. The van der Waals surface area contributed by atoms with E-state index in [2.05, 4.69) is 20.7 Å². The third-order valence-electron chi connectivity index (χ3n) is 4.47. The predicted molar refractivity (Wildman–Crippen MR) is 104 cm³/mol. The van der Waals surface area contributed by atoms with Gasteiger partial charge >= 0.3 is 0 Å². The van der Waals surface area contributed by atoms with Gasteiger partial charge in [-0.3, -0.25) is 9.67 Å². The van der Waals surface area contributed by atoms with Gasteiger partial charge in [-0.25, -0.2) is 4.39 Å². The molecule has 1 aromatic carbocycles. The van der Waals surface area contributed by atoms with Crippen molar-refractivity contribution in [3.05, 3.63) is 53.6 Å². The number of benzene rings is 1. The minimum atomic E-state index is -0.174. The minimum absolute atomic E-state index is 0. The van der Waals surface area contributed by atoms with Crippen LogP contribution in [0.4, 0.5) is 4.39 Å². The fourth-order valence-corrected chi connectivity index (χ4v) is 2.76. The number of hydrogen-bond acceptors (Lipinski definition) is 2. The fraction of sp³-hybridized carbons (Fsp3) is 0.412. The average Bonchev–Trinajstić information content (AvgIpc) is 3.24. The van der Waals surface area contributed by atoms with Crippen LogP contribution in [0, 0.1) is 5.82 Å². The highest BCUT2D eigenvalue weighted by Crippen LogP contribution is 2.47. The molecule has 5 nitrogen and oxygen atoms in total. The van der Waals surface area contributed by atoms with Crippen LogP contribution in [-0.4, -0.2) is 29.3 Å². The summed E-state index contributed by atoms with van der Waals surface area (Å²) in [5.74, 6) is 0.571. The Labute approximate surface area is 158 Å². The van der Waals surface area contributed by atoms with Crippen molar-refractivity contribution < 1.29 is 4.39 Å². The second kappa shape index (κ2) is 7.96. The fourth-order valence-electron chi connectivity index (χ4n) is 2.76. The number of nitrogens with zero attached hydrogens (tertiary/aromatic N) is 3. The molecule has 1 aromatic heterocycles. The van der Waals surface area contributed by atoms with Gasteiger partial charge in [0.1, 0.15) is 5.82 Å². The molecule has 0 radical (unpaired) electrons. The average molecular weight is 443 g/mol. The number of aromatic nitrogens is 2. The Morgan fingerprint density at radius 1 is 1.33 bits per heavy atom. The van der Waals surface area contributed by atoms with Gasteiger partial charge in [0.05, 0.1) is 12.2 Å². The van der Waals surface area contributed by atoms with Crippen molar-refractivity contribution in [1.82, 2.24) is 20.4 Å². The molecule has 2 aromatic rings. The van der Waals surface area contributed by atoms with Crippen molar-refractivity contribution in [2.75, 3.05) is 13.6 Å². The second-order valence-corrected chi connectivity index (χ2v) is 6.02. The molecule has 3 rings (SSSR count). The number of aryl methyl sites for hydroxylation is 1. The Kier molecular flexibility index (Phi) is 6.20. The largest absolute Gasteiger partial charge is 0.356 e. The molecule has 1 saturated carbocycles. The molecule has 0 aliphatic heterocycles. The summed E-state index contributed by atoms with van der Waals surface area (Å²) in [5.41, 5.74) is 2.18. The van der Waals surface area contributed by atoms with E-state index in [1.807, 2.05) is 23.9 Å². The van der Waals surface area contributed by atoms with Gasteiger partial charge in [-0.05, 0) is 36.6 Å². The van der Waals surface area contributed by atoms with E-state index in [0.29, 0.717) is 6.54 Å². The molecular weight excluding hydrogens is 420 g/mol. The van der Waals surface area contributed by atoms with Crippen LogP contribution >= 0.6 is 24.0 Å². The molecule has 0 saturated heterocycles. The van der Waals surface area contributed by atoms with Crippen LogP contribution in [0.2, 0.25) is 0 Å². The van der Waals surface area contributed by atoms with E-state index in [0.717, 1.165) is 36.6 Å².